The molecule has 0 saturated carbocycles. The molecule has 0 bridgehead atoms. The van der Waals surface area contributed by atoms with Crippen molar-refractivity contribution in [2.75, 3.05) is 19.0 Å². The molecule has 0 spiro atoms. The zero-order valence-electron chi connectivity index (χ0n) is 11.8. The van der Waals surface area contributed by atoms with E-state index in [0.29, 0.717) is 5.75 Å². The lowest BCUT2D eigenvalue weighted by Gasteiger charge is -2.19. The van der Waals surface area contributed by atoms with Gasteiger partial charge in [0, 0.05) is 18.3 Å². The number of anilines is 1. The van der Waals surface area contributed by atoms with E-state index < -0.39 is 6.61 Å². The summed E-state index contributed by atoms with van der Waals surface area (Å²) in [5.41, 5.74) is 0.961. The van der Waals surface area contributed by atoms with E-state index >= 15 is 0 Å². The summed E-state index contributed by atoms with van der Waals surface area (Å²) < 4.78 is 34.0. The molecule has 1 rings (SSSR count). The lowest BCUT2D eigenvalue weighted by atomic mass is 9.92. The summed E-state index contributed by atoms with van der Waals surface area (Å²) in [6.45, 7) is 4.35. The molecule has 0 saturated heterocycles. The van der Waals surface area contributed by atoms with Crippen LogP contribution < -0.4 is 14.8 Å². The molecule has 0 aliphatic rings. The molecule has 1 aromatic rings. The van der Waals surface area contributed by atoms with Crippen LogP contribution in [0, 0.1) is 5.41 Å². The van der Waals surface area contributed by atoms with Gasteiger partial charge in [-0.3, -0.25) is 0 Å². The largest absolute Gasteiger partial charge is 0.493 e. The lowest BCUT2D eigenvalue weighted by Crippen LogP contribution is -2.13. The quantitative estimate of drug-likeness (QED) is 0.844. The van der Waals surface area contributed by atoms with Crippen LogP contribution in [0.15, 0.2) is 18.2 Å². The highest BCUT2D eigenvalue weighted by Crippen LogP contribution is 2.31. The van der Waals surface area contributed by atoms with E-state index in [4.69, 9.17) is 4.74 Å². The monoisotopic (exact) mass is 273 g/mol. The van der Waals surface area contributed by atoms with Gasteiger partial charge in [-0.25, -0.2) is 0 Å². The van der Waals surface area contributed by atoms with Crippen LogP contribution in [-0.4, -0.2) is 20.3 Å². The zero-order chi connectivity index (χ0) is 14.5. The number of alkyl halides is 2. The van der Waals surface area contributed by atoms with Gasteiger partial charge in [0.05, 0.1) is 7.11 Å². The Kier molecular flexibility index (Phi) is 5.39. The maximum absolute atomic E-state index is 12.3. The van der Waals surface area contributed by atoms with Crippen molar-refractivity contribution >= 4 is 5.69 Å². The molecule has 1 N–H and O–H groups in total. The minimum atomic E-state index is -2.86. The Morgan fingerprint density at radius 1 is 1.21 bits per heavy atom. The average molecular weight is 273 g/mol. The van der Waals surface area contributed by atoms with Gasteiger partial charge in [0.2, 0.25) is 0 Å². The fraction of sp³-hybridized carbons (Fsp3) is 0.571. The first kappa shape index (κ1) is 15.5. The van der Waals surface area contributed by atoms with Crippen LogP contribution >= 0.6 is 0 Å². The van der Waals surface area contributed by atoms with Crippen LogP contribution in [0.4, 0.5) is 14.5 Å². The topological polar surface area (TPSA) is 30.5 Å². The van der Waals surface area contributed by atoms with Gasteiger partial charge in [-0.2, -0.15) is 8.78 Å². The molecule has 0 radical (unpaired) electrons. The molecule has 1 aromatic carbocycles. The van der Waals surface area contributed by atoms with E-state index in [2.05, 4.69) is 30.8 Å². The fourth-order valence-electron chi connectivity index (χ4n) is 1.56. The maximum atomic E-state index is 12.3. The number of nitrogens with one attached hydrogen (secondary N) is 1. The number of halogens is 2. The predicted octanol–water partition coefficient (Wildman–Crippen LogP) is 4.14. The number of methoxy groups -OCH3 is 1. The minimum Gasteiger partial charge on any atom is -0.493 e. The van der Waals surface area contributed by atoms with Crippen LogP contribution in [0.1, 0.15) is 27.2 Å². The molecule has 5 heteroatoms. The van der Waals surface area contributed by atoms with Crippen molar-refractivity contribution in [2.24, 2.45) is 5.41 Å². The molecule has 3 nitrogen and oxygen atoms in total. The van der Waals surface area contributed by atoms with E-state index in [9.17, 15) is 8.78 Å². The van der Waals surface area contributed by atoms with E-state index in [0.717, 1.165) is 18.7 Å². The number of benzene rings is 1. The van der Waals surface area contributed by atoms with Gasteiger partial charge in [-0.05, 0) is 24.0 Å². The highest BCUT2D eigenvalue weighted by molar-refractivity contribution is 5.54. The van der Waals surface area contributed by atoms with Crippen LogP contribution in [0.25, 0.3) is 0 Å². The Bertz CT molecular complexity index is 403. The summed E-state index contributed by atoms with van der Waals surface area (Å²) in [6, 6.07) is 4.91. The van der Waals surface area contributed by atoms with Crippen LogP contribution in [0.5, 0.6) is 11.5 Å². The summed E-state index contributed by atoms with van der Waals surface area (Å²) in [4.78, 5) is 0. The van der Waals surface area contributed by atoms with Crippen LogP contribution in [0.3, 0.4) is 0 Å². The molecule has 0 unspecified atom stereocenters. The third kappa shape index (κ3) is 5.77. The summed E-state index contributed by atoms with van der Waals surface area (Å²) in [6.07, 6.45) is 0.976. The minimum absolute atomic E-state index is 0.0401. The van der Waals surface area contributed by atoms with Gasteiger partial charge in [0.25, 0.3) is 0 Å². The van der Waals surface area contributed by atoms with Gasteiger partial charge in [-0.15, -0.1) is 0 Å². The van der Waals surface area contributed by atoms with E-state index in [1.54, 1.807) is 12.1 Å². The molecule has 0 fully saturated rings. The summed E-state index contributed by atoms with van der Waals surface area (Å²) >= 11 is 0. The standard InChI is InChI=1S/C14H21F2NO2/c1-14(2,3)7-8-17-10-5-6-11(18-4)12(9-10)19-13(15)16/h5-6,9,13,17H,7-8H2,1-4H3. The summed E-state index contributed by atoms with van der Waals surface area (Å²) in [5, 5.41) is 3.19. The smallest absolute Gasteiger partial charge is 0.387 e. The normalized spacial score (nSPS) is 11.5. The van der Waals surface area contributed by atoms with E-state index in [-0.39, 0.29) is 11.2 Å². The Balaban J connectivity index is 2.69. The summed E-state index contributed by atoms with van der Waals surface area (Å²) in [5.74, 6) is 0.333. The Labute approximate surface area is 112 Å². The van der Waals surface area contributed by atoms with Gasteiger partial charge in [0.15, 0.2) is 11.5 Å². The van der Waals surface area contributed by atoms with E-state index in [1.807, 2.05) is 0 Å². The second kappa shape index (κ2) is 6.59. The fourth-order valence-corrected chi connectivity index (χ4v) is 1.56. The number of ether oxygens (including phenoxy) is 2. The van der Waals surface area contributed by atoms with Crippen molar-refractivity contribution in [1.29, 1.82) is 0 Å². The molecule has 0 atom stereocenters. The van der Waals surface area contributed by atoms with Crippen molar-refractivity contribution in [3.05, 3.63) is 18.2 Å². The van der Waals surface area contributed by atoms with Crippen LogP contribution in [0.2, 0.25) is 0 Å². The predicted molar refractivity (Wildman–Crippen MR) is 72.2 cm³/mol. The van der Waals surface area contributed by atoms with Gasteiger partial charge in [0.1, 0.15) is 0 Å². The van der Waals surface area contributed by atoms with Crippen molar-refractivity contribution in [1.82, 2.24) is 0 Å². The second-order valence-corrected chi connectivity index (χ2v) is 5.48. The van der Waals surface area contributed by atoms with Gasteiger partial charge in [-0.1, -0.05) is 20.8 Å². The van der Waals surface area contributed by atoms with E-state index in [1.165, 1.54) is 13.2 Å². The first-order valence-electron chi connectivity index (χ1n) is 6.18. The first-order chi connectivity index (χ1) is 8.81. The average Bonchev–Trinajstić information content (AvgIpc) is 2.27. The second-order valence-electron chi connectivity index (χ2n) is 5.48. The SMILES string of the molecule is COc1ccc(NCCC(C)(C)C)cc1OC(F)F. The third-order valence-corrected chi connectivity index (χ3v) is 2.58. The molecule has 0 aromatic heterocycles. The zero-order valence-corrected chi connectivity index (χ0v) is 11.8. The van der Waals surface area contributed by atoms with Gasteiger partial charge < -0.3 is 14.8 Å². The van der Waals surface area contributed by atoms with Crippen molar-refractivity contribution in [2.45, 2.75) is 33.8 Å². The molecular weight excluding hydrogens is 252 g/mol. The highest BCUT2D eigenvalue weighted by atomic mass is 19.3. The Morgan fingerprint density at radius 2 is 1.89 bits per heavy atom. The Hall–Kier alpha value is -1.52. The lowest BCUT2D eigenvalue weighted by molar-refractivity contribution is -0.0511. The van der Waals surface area contributed by atoms with Crippen molar-refractivity contribution in [3.63, 3.8) is 0 Å². The molecule has 19 heavy (non-hydrogen) atoms. The molecule has 0 aliphatic carbocycles. The van der Waals surface area contributed by atoms with Crippen LogP contribution in [-0.2, 0) is 0 Å². The molecule has 0 aliphatic heterocycles. The highest BCUT2D eigenvalue weighted by Gasteiger charge is 2.12. The Morgan fingerprint density at radius 3 is 2.42 bits per heavy atom. The molecular formula is C14H21F2NO2. The number of rotatable bonds is 6. The molecule has 0 amide bonds. The van der Waals surface area contributed by atoms with Gasteiger partial charge >= 0.3 is 6.61 Å². The van der Waals surface area contributed by atoms with Crippen molar-refractivity contribution in [3.8, 4) is 11.5 Å². The number of hydrogen-bond donors (Lipinski definition) is 1. The third-order valence-electron chi connectivity index (χ3n) is 2.58. The maximum Gasteiger partial charge on any atom is 0.387 e. The van der Waals surface area contributed by atoms with Crippen molar-refractivity contribution < 1.29 is 18.3 Å². The summed E-state index contributed by atoms with van der Waals surface area (Å²) in [7, 11) is 1.42. The number of hydrogen-bond acceptors (Lipinski definition) is 3. The molecule has 0 heterocycles. The first-order valence-corrected chi connectivity index (χ1v) is 6.18. The molecule has 108 valence electrons.